The van der Waals surface area contributed by atoms with Crippen molar-refractivity contribution in [3.63, 3.8) is 0 Å². The van der Waals surface area contributed by atoms with Crippen LogP contribution in [0.2, 0.25) is 0 Å². The number of carbonyl (C=O) groups excluding carboxylic acids is 1. The Balaban J connectivity index is 1.39. The molecule has 1 aliphatic rings. The van der Waals surface area contributed by atoms with Crippen LogP contribution in [-0.2, 0) is 6.54 Å². The molecule has 0 saturated carbocycles. The van der Waals surface area contributed by atoms with E-state index in [9.17, 15) is 4.79 Å². The highest BCUT2D eigenvalue weighted by atomic mass is 16.2. The van der Waals surface area contributed by atoms with E-state index in [2.05, 4.69) is 45.4 Å². The fourth-order valence-corrected chi connectivity index (χ4v) is 4.48. The predicted molar refractivity (Wildman–Crippen MR) is 130 cm³/mol. The van der Waals surface area contributed by atoms with Crippen LogP contribution in [0, 0.1) is 13.8 Å². The lowest BCUT2D eigenvalue weighted by atomic mass is 10.1. The zero-order valence-corrected chi connectivity index (χ0v) is 19.7. The van der Waals surface area contributed by atoms with E-state index in [1.165, 1.54) is 11.3 Å². The number of amides is 1. The molecule has 0 spiro atoms. The normalized spacial score (nSPS) is 14.6. The van der Waals surface area contributed by atoms with Crippen LogP contribution in [0.15, 0.2) is 42.5 Å². The van der Waals surface area contributed by atoms with Gasteiger partial charge >= 0.3 is 0 Å². The summed E-state index contributed by atoms with van der Waals surface area (Å²) in [6.07, 6.45) is 2.17. The Morgan fingerprint density at radius 3 is 2.35 bits per heavy atom. The molecule has 1 N–H and O–H groups in total. The smallest absolute Gasteiger partial charge is 0.253 e. The van der Waals surface area contributed by atoms with Crippen LogP contribution in [0.4, 0.5) is 5.69 Å². The summed E-state index contributed by atoms with van der Waals surface area (Å²) >= 11 is 0. The van der Waals surface area contributed by atoms with E-state index in [0.717, 1.165) is 75.3 Å². The van der Waals surface area contributed by atoms with Gasteiger partial charge in [-0.15, -0.1) is 0 Å². The molecule has 0 atom stereocenters. The van der Waals surface area contributed by atoms with Gasteiger partial charge in [0.15, 0.2) is 0 Å². The van der Waals surface area contributed by atoms with Crippen molar-refractivity contribution in [1.29, 1.82) is 0 Å². The lowest BCUT2D eigenvalue weighted by Crippen LogP contribution is -2.47. The number of anilines is 1. The first-order chi connectivity index (χ1) is 15.0. The molecule has 1 fully saturated rings. The van der Waals surface area contributed by atoms with Crippen molar-refractivity contribution in [2.75, 3.05) is 58.3 Å². The average molecular weight is 423 g/mol. The van der Waals surface area contributed by atoms with Crippen molar-refractivity contribution in [2.24, 2.45) is 0 Å². The monoisotopic (exact) mass is 422 g/mol. The summed E-state index contributed by atoms with van der Waals surface area (Å²) in [6, 6.07) is 14.8. The van der Waals surface area contributed by atoms with Gasteiger partial charge in [-0.05, 0) is 64.0 Å². The molecule has 1 saturated heterocycles. The van der Waals surface area contributed by atoms with Gasteiger partial charge in [0, 0.05) is 57.6 Å². The van der Waals surface area contributed by atoms with E-state index >= 15 is 0 Å². The largest absolute Gasteiger partial charge is 0.369 e. The fraction of sp³-hybridized carbons (Fsp3) is 0.500. The van der Waals surface area contributed by atoms with Crippen molar-refractivity contribution in [3.8, 4) is 0 Å². The maximum Gasteiger partial charge on any atom is 0.253 e. The van der Waals surface area contributed by atoms with E-state index in [1.807, 2.05) is 45.0 Å². The number of hydrogen-bond donors (Lipinski definition) is 1. The maximum absolute atomic E-state index is 12.7. The molecule has 0 unspecified atom stereocenters. The molecule has 5 heteroatoms. The van der Waals surface area contributed by atoms with Gasteiger partial charge in [0.2, 0.25) is 0 Å². The first-order valence-corrected chi connectivity index (χ1v) is 11.5. The number of nitrogens with zero attached hydrogens (tertiary/aromatic N) is 3. The molecule has 1 aliphatic heterocycles. The van der Waals surface area contributed by atoms with Gasteiger partial charge in [-0.1, -0.05) is 35.4 Å². The zero-order chi connectivity index (χ0) is 22.2. The minimum atomic E-state index is 0.126. The summed E-state index contributed by atoms with van der Waals surface area (Å²) in [6.45, 7) is 11.3. The van der Waals surface area contributed by atoms with Crippen molar-refractivity contribution in [3.05, 3.63) is 64.7 Å². The van der Waals surface area contributed by atoms with Crippen LogP contribution in [0.5, 0.6) is 0 Å². The van der Waals surface area contributed by atoms with Crippen LogP contribution in [0.1, 0.15) is 39.9 Å². The number of rotatable bonds is 9. The Morgan fingerprint density at radius 1 is 1.00 bits per heavy atom. The quantitative estimate of drug-likeness (QED) is 0.626. The maximum atomic E-state index is 12.7. The van der Waals surface area contributed by atoms with Crippen molar-refractivity contribution in [2.45, 2.75) is 33.2 Å². The number of benzene rings is 2. The van der Waals surface area contributed by atoms with Gasteiger partial charge in [-0.3, -0.25) is 9.69 Å². The molecule has 3 rings (SSSR count). The van der Waals surface area contributed by atoms with Gasteiger partial charge in [-0.2, -0.15) is 0 Å². The Morgan fingerprint density at radius 2 is 1.68 bits per heavy atom. The number of unbranched alkanes of at least 4 members (excludes halogenated alkanes) is 1. The molecule has 2 aromatic carbocycles. The summed E-state index contributed by atoms with van der Waals surface area (Å²) in [5, 5.41) is 3.27. The predicted octanol–water partition coefficient (Wildman–Crippen LogP) is 3.70. The summed E-state index contributed by atoms with van der Waals surface area (Å²) in [7, 11) is 3.92. The van der Waals surface area contributed by atoms with Gasteiger partial charge in [0.05, 0.1) is 0 Å². The molecule has 168 valence electrons. The Kier molecular flexibility index (Phi) is 8.50. The summed E-state index contributed by atoms with van der Waals surface area (Å²) in [4.78, 5) is 19.6. The molecule has 0 aliphatic carbocycles. The SMILES string of the molecule is CNCc1ccccc1N1CCN(CCCCN(C)C(=O)c2cc(C)cc(C)c2)CC1. The highest BCUT2D eigenvalue weighted by molar-refractivity contribution is 5.94. The second kappa shape index (κ2) is 11.3. The number of piperazine rings is 1. The van der Waals surface area contributed by atoms with Crippen LogP contribution >= 0.6 is 0 Å². The van der Waals surface area contributed by atoms with Crippen molar-refractivity contribution in [1.82, 2.24) is 15.1 Å². The highest BCUT2D eigenvalue weighted by Crippen LogP contribution is 2.22. The fourth-order valence-electron chi connectivity index (χ4n) is 4.48. The molecule has 31 heavy (non-hydrogen) atoms. The Bertz CT molecular complexity index is 838. The first kappa shape index (κ1) is 23.3. The third-order valence-corrected chi connectivity index (χ3v) is 6.11. The van der Waals surface area contributed by atoms with Gasteiger partial charge in [0.25, 0.3) is 5.91 Å². The molecule has 1 amide bonds. The number of aryl methyl sites for hydroxylation is 2. The molecular formula is C26H38N4O. The molecule has 2 aromatic rings. The number of carbonyl (C=O) groups is 1. The zero-order valence-electron chi connectivity index (χ0n) is 19.7. The Hall–Kier alpha value is -2.37. The summed E-state index contributed by atoms with van der Waals surface area (Å²) in [5.74, 6) is 0.126. The van der Waals surface area contributed by atoms with Crippen LogP contribution < -0.4 is 10.2 Å². The van der Waals surface area contributed by atoms with Crippen molar-refractivity contribution >= 4 is 11.6 Å². The van der Waals surface area contributed by atoms with E-state index in [0.29, 0.717) is 0 Å². The van der Waals surface area contributed by atoms with E-state index in [4.69, 9.17) is 0 Å². The average Bonchev–Trinajstić information content (AvgIpc) is 2.76. The van der Waals surface area contributed by atoms with E-state index < -0.39 is 0 Å². The lowest BCUT2D eigenvalue weighted by Gasteiger charge is -2.37. The summed E-state index contributed by atoms with van der Waals surface area (Å²) < 4.78 is 0. The number of para-hydroxylation sites is 1. The van der Waals surface area contributed by atoms with Crippen LogP contribution in [0.3, 0.4) is 0 Å². The topological polar surface area (TPSA) is 38.8 Å². The minimum absolute atomic E-state index is 0.126. The van der Waals surface area contributed by atoms with Gasteiger partial charge in [0.1, 0.15) is 0 Å². The van der Waals surface area contributed by atoms with Gasteiger partial charge < -0.3 is 15.1 Å². The lowest BCUT2D eigenvalue weighted by molar-refractivity contribution is 0.0791. The van der Waals surface area contributed by atoms with Crippen LogP contribution in [-0.4, -0.2) is 69.1 Å². The van der Waals surface area contributed by atoms with Crippen LogP contribution in [0.25, 0.3) is 0 Å². The van der Waals surface area contributed by atoms with E-state index in [1.54, 1.807) is 0 Å². The van der Waals surface area contributed by atoms with Gasteiger partial charge in [-0.25, -0.2) is 0 Å². The van der Waals surface area contributed by atoms with Crippen molar-refractivity contribution < 1.29 is 4.79 Å². The Labute approximate surface area is 188 Å². The third kappa shape index (κ3) is 6.55. The molecule has 1 heterocycles. The number of hydrogen-bond acceptors (Lipinski definition) is 4. The minimum Gasteiger partial charge on any atom is -0.369 e. The molecule has 0 aromatic heterocycles. The second-order valence-electron chi connectivity index (χ2n) is 8.80. The number of nitrogens with one attached hydrogen (secondary N) is 1. The molecule has 0 radical (unpaired) electrons. The third-order valence-electron chi connectivity index (χ3n) is 6.11. The molecular weight excluding hydrogens is 384 g/mol. The highest BCUT2D eigenvalue weighted by Gasteiger charge is 2.19. The first-order valence-electron chi connectivity index (χ1n) is 11.5. The molecule has 0 bridgehead atoms. The van der Waals surface area contributed by atoms with E-state index in [-0.39, 0.29) is 5.91 Å². The second-order valence-corrected chi connectivity index (χ2v) is 8.80. The summed E-state index contributed by atoms with van der Waals surface area (Å²) in [5.41, 5.74) is 5.82. The molecule has 5 nitrogen and oxygen atoms in total. The standard InChI is InChI=1S/C26H38N4O/c1-21-17-22(2)19-24(18-21)26(31)28(4)11-7-8-12-29-13-15-30(16-14-29)25-10-6-5-9-23(25)20-27-3/h5-6,9-10,17-19,27H,7-8,11-16,20H2,1-4H3.